The Morgan fingerprint density at radius 3 is 2.60 bits per heavy atom. The first-order chi connectivity index (χ1) is 7.31. The van der Waals surface area contributed by atoms with Crippen LogP contribution >= 0.6 is 11.8 Å². The SMILES string of the molecule is CS/C=C(\N=N)c1ccc(NC=O)cc1. The summed E-state index contributed by atoms with van der Waals surface area (Å²) in [5.74, 6) is 0. The van der Waals surface area contributed by atoms with Gasteiger partial charge >= 0.3 is 0 Å². The van der Waals surface area contributed by atoms with Crippen molar-refractivity contribution < 1.29 is 4.79 Å². The molecule has 5 heteroatoms. The van der Waals surface area contributed by atoms with Crippen molar-refractivity contribution >= 4 is 29.6 Å². The molecule has 0 fully saturated rings. The van der Waals surface area contributed by atoms with E-state index in [4.69, 9.17) is 5.53 Å². The van der Waals surface area contributed by atoms with Gasteiger partial charge in [0.15, 0.2) is 0 Å². The van der Waals surface area contributed by atoms with E-state index in [9.17, 15) is 4.79 Å². The molecule has 0 aromatic heterocycles. The van der Waals surface area contributed by atoms with Gasteiger partial charge in [0.05, 0.1) is 5.70 Å². The first-order valence-electron chi connectivity index (χ1n) is 4.23. The summed E-state index contributed by atoms with van der Waals surface area (Å²) in [5.41, 5.74) is 9.20. The maximum absolute atomic E-state index is 10.2. The second-order valence-electron chi connectivity index (χ2n) is 2.69. The van der Waals surface area contributed by atoms with Gasteiger partial charge in [-0.3, -0.25) is 4.79 Å². The van der Waals surface area contributed by atoms with E-state index >= 15 is 0 Å². The highest BCUT2D eigenvalue weighted by Gasteiger charge is 1.99. The molecule has 1 aromatic carbocycles. The summed E-state index contributed by atoms with van der Waals surface area (Å²) in [6.07, 6.45) is 2.54. The minimum atomic E-state index is 0.611. The van der Waals surface area contributed by atoms with Crippen molar-refractivity contribution in [3.63, 3.8) is 0 Å². The minimum Gasteiger partial charge on any atom is -0.329 e. The van der Waals surface area contributed by atoms with Gasteiger partial charge in [0, 0.05) is 11.3 Å². The third-order valence-corrected chi connectivity index (χ3v) is 2.22. The monoisotopic (exact) mass is 221 g/mol. The number of rotatable bonds is 5. The number of carbonyl (C=O) groups excluding carboxylic acids is 1. The Morgan fingerprint density at radius 2 is 2.13 bits per heavy atom. The molecule has 0 radical (unpaired) electrons. The van der Waals surface area contributed by atoms with E-state index in [1.807, 2.05) is 18.4 Å². The Labute approximate surface area is 92.3 Å². The van der Waals surface area contributed by atoms with Crippen LogP contribution in [0.15, 0.2) is 34.8 Å². The second-order valence-corrected chi connectivity index (χ2v) is 3.40. The second kappa shape index (κ2) is 5.98. The van der Waals surface area contributed by atoms with Gasteiger partial charge in [0.25, 0.3) is 0 Å². The van der Waals surface area contributed by atoms with Crippen LogP contribution in [0.25, 0.3) is 5.70 Å². The average Bonchev–Trinajstić information content (AvgIpc) is 2.28. The lowest BCUT2D eigenvalue weighted by atomic mass is 10.1. The van der Waals surface area contributed by atoms with E-state index in [0.29, 0.717) is 12.1 Å². The molecule has 0 aliphatic heterocycles. The van der Waals surface area contributed by atoms with Crippen LogP contribution in [-0.2, 0) is 4.79 Å². The van der Waals surface area contributed by atoms with E-state index < -0.39 is 0 Å². The Hall–Kier alpha value is -1.62. The van der Waals surface area contributed by atoms with Crippen molar-refractivity contribution in [3.05, 3.63) is 35.2 Å². The molecule has 1 amide bonds. The molecule has 0 saturated carbocycles. The topological polar surface area (TPSA) is 65.3 Å². The zero-order valence-corrected chi connectivity index (χ0v) is 9.04. The largest absolute Gasteiger partial charge is 0.329 e. The van der Waals surface area contributed by atoms with Gasteiger partial charge in [0.2, 0.25) is 6.41 Å². The van der Waals surface area contributed by atoms with Crippen molar-refractivity contribution in [2.75, 3.05) is 11.6 Å². The van der Waals surface area contributed by atoms with Crippen molar-refractivity contribution in [2.45, 2.75) is 0 Å². The fourth-order valence-electron chi connectivity index (χ4n) is 1.08. The number of hydrogen-bond donors (Lipinski definition) is 2. The number of thioether (sulfide) groups is 1. The summed E-state index contributed by atoms with van der Waals surface area (Å²) in [7, 11) is 0. The van der Waals surface area contributed by atoms with Crippen LogP contribution in [0.5, 0.6) is 0 Å². The predicted molar refractivity (Wildman–Crippen MR) is 62.8 cm³/mol. The lowest BCUT2D eigenvalue weighted by Gasteiger charge is -2.02. The number of nitrogens with one attached hydrogen (secondary N) is 2. The predicted octanol–water partition coefficient (Wildman–Crippen LogP) is 2.95. The summed E-state index contributed by atoms with van der Waals surface area (Å²) >= 11 is 1.50. The van der Waals surface area contributed by atoms with E-state index in [1.54, 1.807) is 17.5 Å². The van der Waals surface area contributed by atoms with Gasteiger partial charge < -0.3 is 5.32 Å². The quantitative estimate of drug-likeness (QED) is 0.593. The first kappa shape index (κ1) is 11.5. The molecule has 15 heavy (non-hydrogen) atoms. The molecule has 0 heterocycles. The number of amides is 1. The van der Waals surface area contributed by atoms with E-state index in [1.165, 1.54) is 11.8 Å². The Balaban J connectivity index is 2.91. The summed E-state index contributed by atoms with van der Waals surface area (Å²) in [4.78, 5) is 10.2. The highest BCUT2D eigenvalue weighted by molar-refractivity contribution is 8.01. The van der Waals surface area contributed by atoms with Crippen LogP contribution < -0.4 is 5.32 Å². The molecule has 2 N–H and O–H groups in total. The van der Waals surface area contributed by atoms with Crippen LogP contribution in [0.4, 0.5) is 5.69 Å². The van der Waals surface area contributed by atoms with Gasteiger partial charge in [-0.2, -0.15) is 5.11 Å². The standard InChI is InChI=1S/C10H11N3OS/c1-15-6-10(13-11)8-2-4-9(5-3-8)12-7-14/h2-7,11H,1H3,(H,12,14)/b10-6-,13-11?. The average molecular weight is 221 g/mol. The smallest absolute Gasteiger partial charge is 0.211 e. The Kier molecular flexibility index (Phi) is 4.56. The van der Waals surface area contributed by atoms with E-state index in [2.05, 4.69) is 10.4 Å². The number of benzene rings is 1. The lowest BCUT2D eigenvalue weighted by Crippen LogP contribution is -1.93. The summed E-state index contributed by atoms with van der Waals surface area (Å²) in [5, 5.41) is 7.77. The van der Waals surface area contributed by atoms with Crippen molar-refractivity contribution in [3.8, 4) is 0 Å². The van der Waals surface area contributed by atoms with Crippen molar-refractivity contribution in [1.29, 1.82) is 5.53 Å². The molecule has 0 spiro atoms. The maximum atomic E-state index is 10.2. The van der Waals surface area contributed by atoms with Crippen LogP contribution in [0.2, 0.25) is 0 Å². The zero-order chi connectivity index (χ0) is 11.1. The lowest BCUT2D eigenvalue weighted by molar-refractivity contribution is -0.105. The summed E-state index contributed by atoms with van der Waals surface area (Å²) in [6.45, 7) is 0. The minimum absolute atomic E-state index is 0.611. The molecule has 78 valence electrons. The molecule has 0 saturated heterocycles. The molecular formula is C10H11N3OS. The molecule has 0 unspecified atom stereocenters. The Morgan fingerprint density at radius 1 is 1.47 bits per heavy atom. The number of nitrogens with zero attached hydrogens (tertiary/aromatic N) is 1. The highest BCUT2D eigenvalue weighted by atomic mass is 32.2. The molecule has 1 aromatic rings. The molecule has 4 nitrogen and oxygen atoms in total. The molecule has 0 aliphatic carbocycles. The fraction of sp³-hybridized carbons (Fsp3) is 0.100. The number of carbonyl (C=O) groups is 1. The number of anilines is 1. The van der Waals surface area contributed by atoms with Gasteiger partial charge in [-0.15, -0.1) is 11.8 Å². The van der Waals surface area contributed by atoms with E-state index in [0.717, 1.165) is 11.3 Å². The van der Waals surface area contributed by atoms with Crippen LogP contribution in [0.1, 0.15) is 5.56 Å². The van der Waals surface area contributed by atoms with Crippen LogP contribution in [0, 0.1) is 5.53 Å². The van der Waals surface area contributed by atoms with E-state index in [-0.39, 0.29) is 0 Å². The van der Waals surface area contributed by atoms with Crippen molar-refractivity contribution in [1.82, 2.24) is 0 Å². The normalized spacial score (nSPS) is 10.9. The zero-order valence-electron chi connectivity index (χ0n) is 8.23. The van der Waals surface area contributed by atoms with Gasteiger partial charge in [0.1, 0.15) is 0 Å². The maximum Gasteiger partial charge on any atom is 0.211 e. The molecule has 0 atom stereocenters. The summed E-state index contributed by atoms with van der Waals surface area (Å²) < 4.78 is 0. The first-order valence-corrected chi connectivity index (χ1v) is 5.51. The Bertz CT molecular complexity index is 373. The van der Waals surface area contributed by atoms with Crippen molar-refractivity contribution in [2.24, 2.45) is 5.11 Å². The third-order valence-electron chi connectivity index (χ3n) is 1.76. The third kappa shape index (κ3) is 3.21. The molecule has 0 bridgehead atoms. The molecular weight excluding hydrogens is 210 g/mol. The summed E-state index contributed by atoms with van der Waals surface area (Å²) in [6, 6.07) is 7.16. The number of hydrogen-bond acceptors (Lipinski definition) is 4. The fourth-order valence-corrected chi connectivity index (χ4v) is 1.49. The van der Waals surface area contributed by atoms with Gasteiger partial charge in [-0.25, -0.2) is 5.53 Å². The van der Waals surface area contributed by atoms with Gasteiger partial charge in [-0.05, 0) is 23.8 Å². The molecule has 1 rings (SSSR count). The van der Waals surface area contributed by atoms with Gasteiger partial charge in [-0.1, -0.05) is 12.1 Å². The highest BCUT2D eigenvalue weighted by Crippen LogP contribution is 2.20. The molecule has 0 aliphatic rings. The van der Waals surface area contributed by atoms with Crippen LogP contribution in [0.3, 0.4) is 0 Å². The van der Waals surface area contributed by atoms with Crippen LogP contribution in [-0.4, -0.2) is 12.7 Å².